The van der Waals surface area contributed by atoms with Crippen molar-refractivity contribution in [2.24, 2.45) is 0 Å². The molecular weight excluding hydrogens is 781 g/mol. The summed E-state index contributed by atoms with van der Waals surface area (Å²) in [5.74, 6) is 1.79. The van der Waals surface area contributed by atoms with Gasteiger partial charge in [-0.15, -0.1) is 0 Å². The summed E-state index contributed by atoms with van der Waals surface area (Å²) in [5.41, 5.74) is 17.8. The molecule has 3 aliphatic rings. The van der Waals surface area contributed by atoms with Crippen LogP contribution in [0.5, 0.6) is 0 Å². The number of nitrogens with zero attached hydrogens (tertiary/aromatic N) is 4. The Hall–Kier alpha value is -8.41. The lowest BCUT2D eigenvalue weighted by atomic mass is 9.68. The summed E-state index contributed by atoms with van der Waals surface area (Å²) in [6.07, 6.45) is 10.3. The summed E-state index contributed by atoms with van der Waals surface area (Å²) >= 11 is 0. The third-order valence-corrected chi connectivity index (χ3v) is 13.7. The van der Waals surface area contributed by atoms with E-state index in [0.717, 1.165) is 56.3 Å². The maximum absolute atomic E-state index is 6.80. The van der Waals surface area contributed by atoms with E-state index in [9.17, 15) is 0 Å². The first kappa shape index (κ1) is 35.2. The molecule has 1 spiro atoms. The molecule has 298 valence electrons. The fourth-order valence-electron chi connectivity index (χ4n) is 11.1. The zero-order valence-corrected chi connectivity index (χ0v) is 34.5. The van der Waals surface area contributed by atoms with Crippen LogP contribution in [0.2, 0.25) is 0 Å². The number of furan rings is 1. The molecule has 0 fully saturated rings. The summed E-state index contributed by atoms with van der Waals surface area (Å²) < 4.78 is 9.25. The van der Waals surface area contributed by atoms with Gasteiger partial charge in [-0.25, -0.2) is 15.0 Å². The zero-order valence-electron chi connectivity index (χ0n) is 34.5. The molecule has 3 heterocycles. The molecule has 64 heavy (non-hydrogen) atoms. The predicted molar refractivity (Wildman–Crippen MR) is 259 cm³/mol. The van der Waals surface area contributed by atoms with Crippen LogP contribution in [0.1, 0.15) is 28.7 Å². The van der Waals surface area contributed by atoms with E-state index >= 15 is 0 Å². The van der Waals surface area contributed by atoms with Gasteiger partial charge in [-0.2, -0.15) is 0 Å². The standard InChI is InChI=1S/C59H36N4O/c1-4-17-36(18-5-1)56-60-57(37-19-6-2-7-20-37)62-58(61-56)45-26-16-25-43-46-35-38(31-34-52(46)64-55(43)45)63-50-30-15-12-24-44(50)53-51(63)33-32-42-41-21-8-3-9-27-49(41)59(54(42)53)47-28-13-10-22-39(47)40-23-11-14-29-48(40)59/h1-2,4-35H,3H2. The third-order valence-electron chi connectivity index (χ3n) is 13.7. The molecule has 14 rings (SSSR count). The largest absolute Gasteiger partial charge is 0.455 e. The zero-order chi connectivity index (χ0) is 41.9. The summed E-state index contributed by atoms with van der Waals surface area (Å²) in [6.45, 7) is 0. The second-order valence-corrected chi connectivity index (χ2v) is 16.9. The van der Waals surface area contributed by atoms with Gasteiger partial charge in [0.15, 0.2) is 17.5 Å². The second-order valence-electron chi connectivity index (χ2n) is 16.9. The number of fused-ring (bicyclic) bond motifs is 16. The van der Waals surface area contributed by atoms with Gasteiger partial charge in [-0.3, -0.25) is 0 Å². The van der Waals surface area contributed by atoms with Crippen LogP contribution in [0.4, 0.5) is 0 Å². The second kappa shape index (κ2) is 13.3. The minimum Gasteiger partial charge on any atom is -0.455 e. The van der Waals surface area contributed by atoms with Crippen molar-refractivity contribution in [2.75, 3.05) is 0 Å². The number of aromatic nitrogens is 4. The van der Waals surface area contributed by atoms with Crippen LogP contribution in [0.15, 0.2) is 216 Å². The summed E-state index contributed by atoms with van der Waals surface area (Å²) in [6, 6.07) is 64.8. The predicted octanol–water partition coefficient (Wildman–Crippen LogP) is 14.5. The topological polar surface area (TPSA) is 56.7 Å². The van der Waals surface area contributed by atoms with Crippen LogP contribution in [0, 0.1) is 0 Å². The number of para-hydroxylation sites is 2. The molecule has 0 atom stereocenters. The highest BCUT2D eigenvalue weighted by Crippen LogP contribution is 2.64. The first-order chi connectivity index (χ1) is 31.8. The van der Waals surface area contributed by atoms with Gasteiger partial charge in [0.25, 0.3) is 0 Å². The van der Waals surface area contributed by atoms with Crippen molar-refractivity contribution in [3.05, 3.63) is 234 Å². The molecule has 5 heteroatoms. The van der Waals surface area contributed by atoms with Crippen LogP contribution in [0.25, 0.3) is 100 Å². The lowest BCUT2D eigenvalue weighted by Gasteiger charge is -2.32. The van der Waals surface area contributed by atoms with Gasteiger partial charge in [0.1, 0.15) is 11.2 Å². The Bertz CT molecular complexity index is 3760. The molecule has 3 aliphatic carbocycles. The van der Waals surface area contributed by atoms with E-state index in [2.05, 4.69) is 144 Å². The van der Waals surface area contributed by atoms with Gasteiger partial charge < -0.3 is 8.98 Å². The highest BCUT2D eigenvalue weighted by Gasteiger charge is 2.53. The molecular formula is C59H36N4O. The number of benzene rings is 8. The van der Waals surface area contributed by atoms with Crippen molar-refractivity contribution in [3.63, 3.8) is 0 Å². The van der Waals surface area contributed by atoms with Gasteiger partial charge in [0.05, 0.1) is 22.0 Å². The maximum Gasteiger partial charge on any atom is 0.167 e. The van der Waals surface area contributed by atoms with Gasteiger partial charge in [-0.1, -0.05) is 170 Å². The van der Waals surface area contributed by atoms with Crippen molar-refractivity contribution < 1.29 is 4.42 Å². The van der Waals surface area contributed by atoms with E-state index < -0.39 is 5.41 Å². The molecule has 0 amide bonds. The highest BCUT2D eigenvalue weighted by molar-refractivity contribution is 6.17. The Morgan fingerprint density at radius 3 is 1.84 bits per heavy atom. The Labute approximate surface area is 368 Å². The van der Waals surface area contributed by atoms with Crippen LogP contribution in [-0.2, 0) is 5.41 Å². The summed E-state index contributed by atoms with van der Waals surface area (Å²) in [7, 11) is 0. The van der Waals surface area contributed by atoms with Crippen molar-refractivity contribution >= 4 is 49.3 Å². The quantitative estimate of drug-likeness (QED) is 0.178. The van der Waals surface area contributed by atoms with E-state index in [1.165, 1.54) is 60.8 Å². The first-order valence-electron chi connectivity index (χ1n) is 21.9. The van der Waals surface area contributed by atoms with E-state index in [0.29, 0.717) is 17.5 Å². The molecule has 0 bridgehead atoms. The van der Waals surface area contributed by atoms with Crippen LogP contribution in [-0.4, -0.2) is 19.5 Å². The van der Waals surface area contributed by atoms with Gasteiger partial charge in [0.2, 0.25) is 0 Å². The maximum atomic E-state index is 6.80. The Morgan fingerprint density at radius 1 is 0.469 bits per heavy atom. The minimum atomic E-state index is -0.478. The summed E-state index contributed by atoms with van der Waals surface area (Å²) in [5, 5.41) is 4.55. The van der Waals surface area contributed by atoms with E-state index in [4.69, 9.17) is 19.4 Å². The van der Waals surface area contributed by atoms with E-state index in [-0.39, 0.29) is 0 Å². The SMILES string of the molecule is C1=CC2=C(C=CC1)C1(c3ccccc3-c3ccccc31)c1c2ccc2c1c1ccccc1n2-c1ccc2oc3c(-c4nc(-c5ccccc5)nc(-c5ccccc5)n4)cccc3c2c1. The third kappa shape index (κ3) is 4.75. The highest BCUT2D eigenvalue weighted by atomic mass is 16.3. The van der Waals surface area contributed by atoms with Gasteiger partial charge in [0, 0.05) is 38.4 Å². The molecule has 0 saturated heterocycles. The normalized spacial score (nSPS) is 14.4. The van der Waals surface area contributed by atoms with E-state index in [1.807, 2.05) is 66.7 Å². The fraction of sp³-hybridized carbons (Fsp3) is 0.0339. The minimum absolute atomic E-state index is 0.478. The fourth-order valence-corrected chi connectivity index (χ4v) is 11.1. The first-order valence-corrected chi connectivity index (χ1v) is 21.9. The number of hydrogen-bond donors (Lipinski definition) is 0. The monoisotopic (exact) mass is 816 g/mol. The van der Waals surface area contributed by atoms with Crippen molar-refractivity contribution in [2.45, 2.75) is 11.8 Å². The average molecular weight is 817 g/mol. The number of allylic oxidation sites excluding steroid dienone is 6. The van der Waals surface area contributed by atoms with Crippen molar-refractivity contribution in [1.82, 2.24) is 19.5 Å². The van der Waals surface area contributed by atoms with Gasteiger partial charge in [-0.05, 0) is 87.3 Å². The molecule has 11 aromatic rings. The van der Waals surface area contributed by atoms with Crippen LogP contribution >= 0.6 is 0 Å². The Morgan fingerprint density at radius 2 is 1.09 bits per heavy atom. The summed E-state index contributed by atoms with van der Waals surface area (Å²) in [4.78, 5) is 15.1. The Kier molecular flexibility index (Phi) is 7.32. The molecule has 8 aromatic carbocycles. The van der Waals surface area contributed by atoms with Crippen LogP contribution in [0.3, 0.4) is 0 Å². The Balaban J connectivity index is 1.00. The van der Waals surface area contributed by atoms with Crippen LogP contribution < -0.4 is 0 Å². The van der Waals surface area contributed by atoms with Crippen molar-refractivity contribution in [1.29, 1.82) is 0 Å². The molecule has 0 unspecified atom stereocenters. The molecule has 0 N–H and O–H groups in total. The lowest BCUT2D eigenvalue weighted by Crippen LogP contribution is -2.27. The molecule has 0 saturated carbocycles. The van der Waals surface area contributed by atoms with Crippen molar-refractivity contribution in [3.8, 4) is 51.0 Å². The van der Waals surface area contributed by atoms with E-state index in [1.54, 1.807) is 0 Å². The molecule has 0 aliphatic heterocycles. The smallest absolute Gasteiger partial charge is 0.167 e. The average Bonchev–Trinajstić information content (AvgIpc) is 4.01. The molecule has 3 aromatic heterocycles. The number of rotatable bonds is 4. The van der Waals surface area contributed by atoms with Gasteiger partial charge >= 0.3 is 0 Å². The molecule has 5 nitrogen and oxygen atoms in total. The lowest BCUT2D eigenvalue weighted by molar-refractivity contribution is 0.669. The molecule has 0 radical (unpaired) electrons. The number of hydrogen-bond acceptors (Lipinski definition) is 4.